The maximum atomic E-state index is 12.8. The topological polar surface area (TPSA) is 49.4 Å². The van der Waals surface area contributed by atoms with Gasteiger partial charge in [0.25, 0.3) is 0 Å². The molecule has 2 aliphatic rings. The Morgan fingerprint density at radius 1 is 1.24 bits per heavy atom. The molecule has 0 radical (unpaired) electrons. The first-order valence-corrected chi connectivity index (χ1v) is 7.72. The molecule has 1 aromatic carbocycles. The van der Waals surface area contributed by atoms with Crippen molar-refractivity contribution in [3.8, 4) is 0 Å². The molecule has 2 atom stereocenters. The Bertz CT molecular complexity index is 551. The van der Waals surface area contributed by atoms with Crippen LogP contribution < -0.4 is 5.32 Å². The fourth-order valence-electron chi connectivity index (χ4n) is 3.19. The van der Waals surface area contributed by atoms with E-state index in [-0.39, 0.29) is 23.4 Å². The average molecular weight is 286 g/mol. The highest BCUT2D eigenvalue weighted by Gasteiger charge is 2.53. The van der Waals surface area contributed by atoms with Crippen molar-refractivity contribution in [2.75, 3.05) is 0 Å². The molecule has 0 spiro atoms. The Morgan fingerprint density at radius 3 is 2.48 bits per heavy atom. The highest BCUT2D eigenvalue weighted by molar-refractivity contribution is 5.97. The van der Waals surface area contributed by atoms with E-state index in [4.69, 9.17) is 0 Å². The molecule has 0 bridgehead atoms. The van der Waals surface area contributed by atoms with Crippen molar-refractivity contribution in [3.05, 3.63) is 35.9 Å². The van der Waals surface area contributed by atoms with Crippen LogP contribution >= 0.6 is 0 Å². The Labute approximate surface area is 125 Å². The smallest absolute Gasteiger partial charge is 0.246 e. The minimum Gasteiger partial charge on any atom is -0.342 e. The lowest BCUT2D eigenvalue weighted by molar-refractivity contribution is -0.153. The lowest BCUT2D eigenvalue weighted by Gasteiger charge is -2.42. The van der Waals surface area contributed by atoms with Crippen LogP contribution in [-0.4, -0.2) is 34.3 Å². The highest BCUT2D eigenvalue weighted by Crippen LogP contribution is 2.44. The van der Waals surface area contributed by atoms with Crippen LogP contribution in [0.5, 0.6) is 0 Å². The Kier molecular flexibility index (Phi) is 3.47. The number of benzene rings is 1. The van der Waals surface area contributed by atoms with Gasteiger partial charge in [0.05, 0.1) is 0 Å². The number of hydrogen-bond donors (Lipinski definition) is 1. The molecular formula is C17H22N2O2. The molecule has 4 heteroatoms. The summed E-state index contributed by atoms with van der Waals surface area (Å²) >= 11 is 0. The fraction of sp³-hybridized carbons (Fsp3) is 0.529. The minimum absolute atomic E-state index is 0.00819. The second-order valence-electron chi connectivity index (χ2n) is 6.38. The summed E-state index contributed by atoms with van der Waals surface area (Å²) < 4.78 is 0. The summed E-state index contributed by atoms with van der Waals surface area (Å²) in [5.41, 5.74) is 0.969. The number of nitrogens with one attached hydrogen (secondary N) is 1. The van der Waals surface area contributed by atoms with Crippen LogP contribution in [0.3, 0.4) is 0 Å². The number of amides is 2. The Balaban J connectivity index is 1.83. The fourth-order valence-corrected chi connectivity index (χ4v) is 3.19. The van der Waals surface area contributed by atoms with E-state index in [1.54, 1.807) is 0 Å². The second kappa shape index (κ2) is 5.17. The zero-order valence-corrected chi connectivity index (χ0v) is 12.6. The maximum Gasteiger partial charge on any atom is 0.246 e. The molecule has 2 amide bonds. The van der Waals surface area contributed by atoms with Gasteiger partial charge in [0.1, 0.15) is 12.1 Å². The van der Waals surface area contributed by atoms with Crippen molar-refractivity contribution in [1.82, 2.24) is 10.2 Å². The molecule has 1 aliphatic carbocycles. The summed E-state index contributed by atoms with van der Waals surface area (Å²) in [4.78, 5) is 27.1. The second-order valence-corrected chi connectivity index (χ2v) is 6.38. The van der Waals surface area contributed by atoms with Crippen LogP contribution in [0, 0.1) is 0 Å². The first kappa shape index (κ1) is 14.1. The van der Waals surface area contributed by atoms with Gasteiger partial charge < -0.3 is 10.2 Å². The Morgan fingerprint density at radius 2 is 1.90 bits per heavy atom. The summed E-state index contributed by atoms with van der Waals surface area (Å²) in [5, 5.41) is 2.92. The predicted molar refractivity (Wildman–Crippen MR) is 80.6 cm³/mol. The zero-order valence-electron chi connectivity index (χ0n) is 12.6. The highest BCUT2D eigenvalue weighted by atomic mass is 16.2. The number of nitrogens with zero attached hydrogens (tertiary/aromatic N) is 1. The van der Waals surface area contributed by atoms with Gasteiger partial charge in [-0.05, 0) is 31.7 Å². The van der Waals surface area contributed by atoms with Gasteiger partial charge in [-0.15, -0.1) is 0 Å². The van der Waals surface area contributed by atoms with E-state index < -0.39 is 6.04 Å². The molecule has 1 heterocycles. The standard InChI is InChI=1S/C17H22N2O2/c1-3-14-15(20)18-13(11-12-7-5-4-6-8-12)16(21)19(14)17(2)9-10-17/h4-8,13-14H,3,9-11H2,1-2H3,(H,18,20). The van der Waals surface area contributed by atoms with Gasteiger partial charge in [-0.3, -0.25) is 9.59 Å². The van der Waals surface area contributed by atoms with E-state index in [1.807, 2.05) is 42.2 Å². The SMILES string of the molecule is CCC1C(=O)NC(Cc2ccccc2)C(=O)N1C1(C)CC1. The lowest BCUT2D eigenvalue weighted by Crippen LogP contribution is -2.66. The third-order valence-corrected chi connectivity index (χ3v) is 4.69. The summed E-state index contributed by atoms with van der Waals surface area (Å²) in [7, 11) is 0. The molecule has 21 heavy (non-hydrogen) atoms. The van der Waals surface area contributed by atoms with E-state index >= 15 is 0 Å². The molecule has 1 aliphatic heterocycles. The van der Waals surface area contributed by atoms with Crippen LogP contribution in [0.4, 0.5) is 0 Å². The van der Waals surface area contributed by atoms with E-state index in [1.165, 1.54) is 0 Å². The molecule has 2 unspecified atom stereocenters. The van der Waals surface area contributed by atoms with Crippen molar-refractivity contribution in [2.45, 2.75) is 57.2 Å². The third-order valence-electron chi connectivity index (χ3n) is 4.69. The van der Waals surface area contributed by atoms with Gasteiger partial charge >= 0.3 is 0 Å². The number of carbonyl (C=O) groups is 2. The van der Waals surface area contributed by atoms with Crippen LogP contribution in [-0.2, 0) is 16.0 Å². The van der Waals surface area contributed by atoms with Gasteiger partial charge in [0.2, 0.25) is 11.8 Å². The van der Waals surface area contributed by atoms with Crippen molar-refractivity contribution in [2.24, 2.45) is 0 Å². The molecule has 1 saturated heterocycles. The molecule has 112 valence electrons. The van der Waals surface area contributed by atoms with Crippen LogP contribution in [0.15, 0.2) is 30.3 Å². The first-order valence-electron chi connectivity index (χ1n) is 7.72. The van der Waals surface area contributed by atoms with Gasteiger partial charge in [-0.25, -0.2) is 0 Å². The summed E-state index contributed by atoms with van der Waals surface area (Å²) in [5.74, 6) is 0.0662. The van der Waals surface area contributed by atoms with E-state index in [2.05, 4.69) is 12.2 Å². The van der Waals surface area contributed by atoms with Crippen LogP contribution in [0.1, 0.15) is 38.7 Å². The molecule has 4 nitrogen and oxygen atoms in total. The lowest BCUT2D eigenvalue weighted by atomic mass is 9.97. The van der Waals surface area contributed by atoms with E-state index in [9.17, 15) is 9.59 Å². The molecular weight excluding hydrogens is 264 g/mol. The zero-order chi connectivity index (χ0) is 15.0. The van der Waals surface area contributed by atoms with Crippen molar-refractivity contribution >= 4 is 11.8 Å². The quantitative estimate of drug-likeness (QED) is 0.919. The first-order chi connectivity index (χ1) is 10.0. The Hall–Kier alpha value is -1.84. The molecule has 1 aromatic rings. The van der Waals surface area contributed by atoms with E-state index in [0.717, 1.165) is 18.4 Å². The van der Waals surface area contributed by atoms with Gasteiger partial charge in [-0.1, -0.05) is 37.3 Å². The average Bonchev–Trinajstić information content (AvgIpc) is 3.22. The van der Waals surface area contributed by atoms with E-state index in [0.29, 0.717) is 12.8 Å². The maximum absolute atomic E-state index is 12.8. The summed E-state index contributed by atoms with van der Waals surface area (Å²) in [6, 6.07) is 9.12. The number of carbonyl (C=O) groups excluding carboxylic acids is 2. The molecule has 2 fully saturated rings. The van der Waals surface area contributed by atoms with Gasteiger partial charge in [-0.2, -0.15) is 0 Å². The summed E-state index contributed by atoms with van der Waals surface area (Å²) in [6.07, 6.45) is 3.24. The van der Waals surface area contributed by atoms with Crippen molar-refractivity contribution in [3.63, 3.8) is 0 Å². The normalized spacial score (nSPS) is 27.4. The molecule has 1 saturated carbocycles. The molecule has 3 rings (SSSR count). The van der Waals surface area contributed by atoms with Crippen LogP contribution in [0.2, 0.25) is 0 Å². The minimum atomic E-state index is -0.430. The molecule has 1 N–H and O–H groups in total. The molecule has 0 aromatic heterocycles. The largest absolute Gasteiger partial charge is 0.342 e. The number of hydrogen-bond acceptors (Lipinski definition) is 2. The van der Waals surface area contributed by atoms with Crippen molar-refractivity contribution < 1.29 is 9.59 Å². The van der Waals surface area contributed by atoms with Gasteiger partial charge in [0.15, 0.2) is 0 Å². The monoisotopic (exact) mass is 286 g/mol. The number of piperazine rings is 1. The predicted octanol–water partition coefficient (Wildman–Crippen LogP) is 1.89. The summed E-state index contributed by atoms with van der Waals surface area (Å²) in [6.45, 7) is 4.06. The van der Waals surface area contributed by atoms with Gasteiger partial charge in [0, 0.05) is 12.0 Å². The third kappa shape index (κ3) is 2.55. The van der Waals surface area contributed by atoms with Crippen LogP contribution in [0.25, 0.3) is 0 Å². The van der Waals surface area contributed by atoms with Crippen molar-refractivity contribution in [1.29, 1.82) is 0 Å². The number of rotatable bonds is 4.